The molecule has 0 saturated heterocycles. The number of methoxy groups -OCH3 is 1. The molecule has 0 aromatic heterocycles. The SMILES string of the molecule is COC1CCCC(Oc2c(N)cc(F)cc2Br)C1. The summed E-state index contributed by atoms with van der Waals surface area (Å²) in [5.41, 5.74) is 6.10. The summed E-state index contributed by atoms with van der Waals surface area (Å²) in [7, 11) is 1.72. The molecule has 1 saturated carbocycles. The highest BCUT2D eigenvalue weighted by Crippen LogP contribution is 2.35. The Labute approximate surface area is 115 Å². The molecule has 1 aliphatic rings. The van der Waals surface area contributed by atoms with E-state index in [4.69, 9.17) is 15.2 Å². The van der Waals surface area contributed by atoms with Gasteiger partial charge in [0, 0.05) is 19.6 Å². The van der Waals surface area contributed by atoms with Crippen molar-refractivity contribution in [3.63, 3.8) is 0 Å². The van der Waals surface area contributed by atoms with Gasteiger partial charge in [0.1, 0.15) is 11.9 Å². The molecule has 1 aromatic carbocycles. The lowest BCUT2D eigenvalue weighted by atomic mass is 9.95. The van der Waals surface area contributed by atoms with E-state index < -0.39 is 0 Å². The van der Waals surface area contributed by atoms with Gasteiger partial charge in [-0.15, -0.1) is 0 Å². The zero-order chi connectivity index (χ0) is 13.1. The van der Waals surface area contributed by atoms with Gasteiger partial charge in [-0.1, -0.05) is 0 Å². The molecule has 2 unspecified atom stereocenters. The molecule has 100 valence electrons. The molecular formula is C13H17BrFNO2. The van der Waals surface area contributed by atoms with E-state index in [9.17, 15) is 4.39 Å². The van der Waals surface area contributed by atoms with Gasteiger partial charge in [-0.25, -0.2) is 4.39 Å². The molecule has 3 nitrogen and oxygen atoms in total. The first-order chi connectivity index (χ1) is 8.60. The summed E-state index contributed by atoms with van der Waals surface area (Å²) in [4.78, 5) is 0. The van der Waals surface area contributed by atoms with E-state index >= 15 is 0 Å². The summed E-state index contributed by atoms with van der Waals surface area (Å²) in [6.07, 6.45) is 4.28. The van der Waals surface area contributed by atoms with Crippen molar-refractivity contribution in [1.82, 2.24) is 0 Å². The van der Waals surface area contributed by atoms with Gasteiger partial charge in [-0.3, -0.25) is 0 Å². The quantitative estimate of drug-likeness (QED) is 0.868. The van der Waals surface area contributed by atoms with E-state index in [0.717, 1.165) is 25.7 Å². The summed E-state index contributed by atoms with van der Waals surface area (Å²) in [5, 5.41) is 0. The van der Waals surface area contributed by atoms with Gasteiger partial charge < -0.3 is 15.2 Å². The van der Waals surface area contributed by atoms with Crippen molar-refractivity contribution in [2.45, 2.75) is 37.9 Å². The third-order valence-electron chi connectivity index (χ3n) is 3.23. The first-order valence-electron chi connectivity index (χ1n) is 6.04. The largest absolute Gasteiger partial charge is 0.487 e. The van der Waals surface area contributed by atoms with E-state index in [-0.39, 0.29) is 18.0 Å². The maximum absolute atomic E-state index is 13.1. The predicted octanol–water partition coefficient (Wildman–Crippen LogP) is 3.51. The Balaban J connectivity index is 2.09. The third kappa shape index (κ3) is 3.14. The second kappa shape index (κ2) is 5.89. The minimum absolute atomic E-state index is 0.0766. The number of hydrogen-bond acceptors (Lipinski definition) is 3. The van der Waals surface area contributed by atoms with Crippen molar-refractivity contribution in [2.24, 2.45) is 0 Å². The molecule has 2 rings (SSSR count). The van der Waals surface area contributed by atoms with Crippen LogP contribution in [0.1, 0.15) is 25.7 Å². The van der Waals surface area contributed by atoms with Crippen molar-refractivity contribution in [3.05, 3.63) is 22.4 Å². The van der Waals surface area contributed by atoms with Gasteiger partial charge in [-0.2, -0.15) is 0 Å². The minimum atomic E-state index is -0.370. The van der Waals surface area contributed by atoms with E-state index in [0.29, 0.717) is 15.9 Å². The summed E-state index contributed by atoms with van der Waals surface area (Å²) in [6, 6.07) is 2.64. The number of benzene rings is 1. The fraction of sp³-hybridized carbons (Fsp3) is 0.538. The predicted molar refractivity (Wildman–Crippen MR) is 72.2 cm³/mol. The second-order valence-corrected chi connectivity index (χ2v) is 5.42. The monoisotopic (exact) mass is 317 g/mol. The Morgan fingerprint density at radius 1 is 1.33 bits per heavy atom. The lowest BCUT2D eigenvalue weighted by molar-refractivity contribution is 0.0209. The first kappa shape index (κ1) is 13.6. The molecule has 0 spiro atoms. The van der Waals surface area contributed by atoms with Crippen LogP contribution in [0.4, 0.5) is 10.1 Å². The molecule has 0 heterocycles. The summed E-state index contributed by atoms with van der Waals surface area (Å²) in [6.45, 7) is 0. The van der Waals surface area contributed by atoms with Crippen LogP contribution in [-0.4, -0.2) is 19.3 Å². The first-order valence-corrected chi connectivity index (χ1v) is 6.83. The Hall–Kier alpha value is -0.810. The number of halogens is 2. The minimum Gasteiger partial charge on any atom is -0.487 e. The van der Waals surface area contributed by atoms with Gasteiger partial charge in [0.2, 0.25) is 0 Å². The number of nitrogen functional groups attached to an aromatic ring is 1. The van der Waals surface area contributed by atoms with Crippen LogP contribution in [0.2, 0.25) is 0 Å². The molecule has 1 aromatic rings. The number of nitrogens with two attached hydrogens (primary N) is 1. The Bertz CT molecular complexity index is 404. The molecule has 0 bridgehead atoms. The number of anilines is 1. The maximum Gasteiger partial charge on any atom is 0.156 e. The van der Waals surface area contributed by atoms with E-state index in [1.54, 1.807) is 7.11 Å². The molecule has 0 aliphatic heterocycles. The van der Waals surface area contributed by atoms with Crippen LogP contribution in [0, 0.1) is 5.82 Å². The van der Waals surface area contributed by atoms with Crippen LogP contribution < -0.4 is 10.5 Å². The van der Waals surface area contributed by atoms with Gasteiger partial charge in [0.15, 0.2) is 5.75 Å². The van der Waals surface area contributed by atoms with E-state index in [1.807, 2.05) is 0 Å². The van der Waals surface area contributed by atoms with Crippen LogP contribution >= 0.6 is 15.9 Å². The Morgan fingerprint density at radius 3 is 2.72 bits per heavy atom. The maximum atomic E-state index is 13.1. The molecule has 2 N–H and O–H groups in total. The average molecular weight is 318 g/mol. The smallest absolute Gasteiger partial charge is 0.156 e. The topological polar surface area (TPSA) is 44.5 Å². The second-order valence-electron chi connectivity index (χ2n) is 4.57. The lowest BCUT2D eigenvalue weighted by Gasteiger charge is -2.29. The van der Waals surface area contributed by atoms with E-state index in [1.165, 1.54) is 12.1 Å². The Morgan fingerprint density at radius 2 is 2.06 bits per heavy atom. The molecule has 1 aliphatic carbocycles. The summed E-state index contributed by atoms with van der Waals surface area (Å²) in [5.74, 6) is 0.156. The lowest BCUT2D eigenvalue weighted by Crippen LogP contribution is -2.29. The van der Waals surface area contributed by atoms with Crippen molar-refractivity contribution in [2.75, 3.05) is 12.8 Å². The van der Waals surface area contributed by atoms with Crippen LogP contribution in [0.25, 0.3) is 0 Å². The zero-order valence-corrected chi connectivity index (χ0v) is 11.9. The molecule has 5 heteroatoms. The van der Waals surface area contributed by atoms with Gasteiger partial charge >= 0.3 is 0 Å². The molecule has 1 fully saturated rings. The van der Waals surface area contributed by atoms with Crippen molar-refractivity contribution < 1.29 is 13.9 Å². The highest BCUT2D eigenvalue weighted by molar-refractivity contribution is 9.10. The Kier molecular flexibility index (Phi) is 4.45. The zero-order valence-electron chi connectivity index (χ0n) is 10.3. The highest BCUT2D eigenvalue weighted by atomic mass is 79.9. The summed E-state index contributed by atoms with van der Waals surface area (Å²) < 4.78 is 24.9. The van der Waals surface area contributed by atoms with Crippen molar-refractivity contribution in [1.29, 1.82) is 0 Å². The van der Waals surface area contributed by atoms with Crippen molar-refractivity contribution >= 4 is 21.6 Å². The number of hydrogen-bond donors (Lipinski definition) is 1. The fourth-order valence-corrected chi connectivity index (χ4v) is 2.84. The molecule has 2 atom stereocenters. The number of rotatable bonds is 3. The number of ether oxygens (including phenoxy) is 2. The fourth-order valence-electron chi connectivity index (χ4n) is 2.29. The van der Waals surface area contributed by atoms with Gasteiger partial charge in [0.25, 0.3) is 0 Å². The van der Waals surface area contributed by atoms with Crippen LogP contribution in [0.5, 0.6) is 5.75 Å². The molecule has 0 radical (unpaired) electrons. The van der Waals surface area contributed by atoms with Crippen molar-refractivity contribution in [3.8, 4) is 5.75 Å². The average Bonchev–Trinajstić information content (AvgIpc) is 2.34. The summed E-state index contributed by atoms with van der Waals surface area (Å²) >= 11 is 3.28. The normalized spacial score (nSPS) is 23.9. The molecule has 0 amide bonds. The third-order valence-corrected chi connectivity index (χ3v) is 3.82. The molecular weight excluding hydrogens is 301 g/mol. The molecule has 18 heavy (non-hydrogen) atoms. The van der Waals surface area contributed by atoms with Gasteiger partial charge in [0.05, 0.1) is 16.3 Å². The van der Waals surface area contributed by atoms with Gasteiger partial charge in [-0.05, 0) is 41.3 Å². The highest BCUT2D eigenvalue weighted by Gasteiger charge is 2.24. The van der Waals surface area contributed by atoms with Crippen LogP contribution in [0.3, 0.4) is 0 Å². The standard InChI is InChI=1S/C13H17BrFNO2/c1-17-9-3-2-4-10(7-9)18-13-11(14)5-8(15)6-12(13)16/h5-6,9-10H,2-4,7,16H2,1H3. The van der Waals surface area contributed by atoms with Crippen LogP contribution in [0.15, 0.2) is 16.6 Å². The van der Waals surface area contributed by atoms with E-state index in [2.05, 4.69) is 15.9 Å². The van der Waals surface area contributed by atoms with Crippen LogP contribution in [-0.2, 0) is 4.74 Å².